The Hall–Kier alpha value is -1.36. The van der Waals surface area contributed by atoms with Crippen LogP contribution in [0.15, 0.2) is 22.7 Å². The van der Waals surface area contributed by atoms with Gasteiger partial charge in [0.25, 0.3) is 0 Å². The van der Waals surface area contributed by atoms with Gasteiger partial charge in [-0.3, -0.25) is 9.59 Å². The summed E-state index contributed by atoms with van der Waals surface area (Å²) in [6, 6.07) is 5.80. The van der Waals surface area contributed by atoms with Crippen molar-refractivity contribution in [3.63, 3.8) is 0 Å². The Bertz CT molecular complexity index is 539. The van der Waals surface area contributed by atoms with Crippen LogP contribution in [0, 0.1) is 6.92 Å². The van der Waals surface area contributed by atoms with Crippen molar-refractivity contribution in [3.05, 3.63) is 28.2 Å². The lowest BCUT2D eigenvalue weighted by Crippen LogP contribution is -2.35. The molecule has 0 radical (unpaired) electrons. The topological polar surface area (TPSA) is 40.6 Å². The predicted octanol–water partition coefficient (Wildman–Crippen LogP) is 3.12. The van der Waals surface area contributed by atoms with E-state index in [1.807, 2.05) is 30.0 Å². The number of amides is 2. The molecule has 21 heavy (non-hydrogen) atoms. The highest BCUT2D eigenvalue weighted by Crippen LogP contribution is 2.23. The van der Waals surface area contributed by atoms with E-state index in [1.54, 1.807) is 4.90 Å². The van der Waals surface area contributed by atoms with Crippen LogP contribution in [-0.4, -0.2) is 36.3 Å². The van der Waals surface area contributed by atoms with Crippen molar-refractivity contribution in [2.24, 2.45) is 0 Å². The summed E-state index contributed by atoms with van der Waals surface area (Å²) in [5.74, 6) is 0.110. The van der Waals surface area contributed by atoms with E-state index in [1.165, 1.54) is 6.92 Å². The summed E-state index contributed by atoms with van der Waals surface area (Å²) in [6.45, 7) is 5.68. The summed E-state index contributed by atoms with van der Waals surface area (Å²) in [5.41, 5.74) is 1.92. The lowest BCUT2D eigenvalue weighted by molar-refractivity contribution is -0.129. The predicted molar refractivity (Wildman–Crippen MR) is 87.3 cm³/mol. The molecule has 1 fully saturated rings. The molecule has 5 heteroatoms. The van der Waals surface area contributed by atoms with E-state index < -0.39 is 0 Å². The van der Waals surface area contributed by atoms with Crippen LogP contribution in [0.1, 0.15) is 31.7 Å². The van der Waals surface area contributed by atoms with E-state index in [4.69, 9.17) is 0 Å². The number of aryl methyl sites for hydroxylation is 1. The van der Waals surface area contributed by atoms with E-state index in [-0.39, 0.29) is 11.8 Å². The lowest BCUT2D eigenvalue weighted by atomic mass is 10.2. The largest absolute Gasteiger partial charge is 0.343 e. The minimum atomic E-state index is -0.0362. The van der Waals surface area contributed by atoms with Gasteiger partial charge in [-0.15, -0.1) is 0 Å². The fourth-order valence-corrected chi connectivity index (χ4v) is 2.84. The smallest absolute Gasteiger partial charge is 0.224 e. The number of carbonyl (C=O) groups is 2. The van der Waals surface area contributed by atoms with Crippen molar-refractivity contribution >= 4 is 33.4 Å². The van der Waals surface area contributed by atoms with Gasteiger partial charge in [-0.2, -0.15) is 0 Å². The molecular formula is C16H21BrN2O2. The van der Waals surface area contributed by atoms with Crippen molar-refractivity contribution in [1.82, 2.24) is 4.90 Å². The van der Waals surface area contributed by atoms with Crippen molar-refractivity contribution < 1.29 is 9.59 Å². The Balaban J connectivity index is 2.03. The molecule has 0 aromatic heterocycles. The highest BCUT2D eigenvalue weighted by molar-refractivity contribution is 9.10. The zero-order chi connectivity index (χ0) is 15.4. The summed E-state index contributed by atoms with van der Waals surface area (Å²) < 4.78 is 1.02. The van der Waals surface area contributed by atoms with Gasteiger partial charge in [-0.1, -0.05) is 15.9 Å². The van der Waals surface area contributed by atoms with Crippen molar-refractivity contribution in [1.29, 1.82) is 0 Å². The van der Waals surface area contributed by atoms with Gasteiger partial charge in [0.15, 0.2) is 0 Å². The first kappa shape index (κ1) is 16.0. The standard InChI is InChI=1S/C16H21BrN2O2/c1-12-11-14(5-6-15(12)17)19(13(2)20)10-7-16(21)18-8-3-4-9-18/h5-6,11H,3-4,7-10H2,1-2H3. The third-order valence-electron chi connectivity index (χ3n) is 3.84. The summed E-state index contributed by atoms with van der Waals surface area (Å²) in [5, 5.41) is 0. The molecule has 0 atom stereocenters. The second kappa shape index (κ2) is 7.07. The highest BCUT2D eigenvalue weighted by atomic mass is 79.9. The van der Waals surface area contributed by atoms with E-state index in [9.17, 15) is 9.59 Å². The first-order valence-corrected chi connectivity index (χ1v) is 8.10. The fourth-order valence-electron chi connectivity index (χ4n) is 2.60. The van der Waals surface area contributed by atoms with Crippen LogP contribution in [0.3, 0.4) is 0 Å². The number of halogens is 1. The fraction of sp³-hybridized carbons (Fsp3) is 0.500. The minimum Gasteiger partial charge on any atom is -0.343 e. The average molecular weight is 353 g/mol. The summed E-state index contributed by atoms with van der Waals surface area (Å²) in [7, 11) is 0. The third kappa shape index (κ3) is 4.06. The Labute approximate surface area is 134 Å². The normalized spacial score (nSPS) is 14.3. The monoisotopic (exact) mass is 352 g/mol. The van der Waals surface area contributed by atoms with Crippen LogP contribution < -0.4 is 4.90 Å². The van der Waals surface area contributed by atoms with Crippen LogP contribution in [0.25, 0.3) is 0 Å². The first-order valence-electron chi connectivity index (χ1n) is 7.31. The van der Waals surface area contributed by atoms with Gasteiger partial charge in [0.05, 0.1) is 0 Å². The number of hydrogen-bond donors (Lipinski definition) is 0. The maximum absolute atomic E-state index is 12.1. The maximum atomic E-state index is 12.1. The molecular weight excluding hydrogens is 332 g/mol. The average Bonchev–Trinajstić information content (AvgIpc) is 2.96. The van der Waals surface area contributed by atoms with E-state index >= 15 is 0 Å². The SMILES string of the molecule is CC(=O)N(CCC(=O)N1CCCC1)c1ccc(Br)c(C)c1. The molecule has 114 valence electrons. The Morgan fingerprint density at radius 1 is 1.29 bits per heavy atom. The molecule has 1 saturated heterocycles. The van der Waals surface area contributed by atoms with Crippen molar-refractivity contribution in [2.45, 2.75) is 33.1 Å². The van der Waals surface area contributed by atoms with Gasteiger partial charge in [-0.25, -0.2) is 0 Å². The first-order chi connectivity index (χ1) is 9.99. The number of anilines is 1. The Morgan fingerprint density at radius 3 is 2.52 bits per heavy atom. The molecule has 0 unspecified atom stereocenters. The Kier molecular flexibility index (Phi) is 5.39. The molecule has 2 rings (SSSR count). The molecule has 0 aliphatic carbocycles. The number of likely N-dealkylation sites (tertiary alicyclic amines) is 1. The second-order valence-electron chi connectivity index (χ2n) is 5.44. The van der Waals surface area contributed by atoms with Crippen LogP contribution in [0.5, 0.6) is 0 Å². The van der Waals surface area contributed by atoms with Crippen molar-refractivity contribution in [3.8, 4) is 0 Å². The molecule has 1 aliphatic heterocycles. The maximum Gasteiger partial charge on any atom is 0.224 e. The molecule has 0 bridgehead atoms. The van der Waals surface area contributed by atoms with Crippen LogP contribution in [0.4, 0.5) is 5.69 Å². The number of hydrogen-bond acceptors (Lipinski definition) is 2. The minimum absolute atomic E-state index is 0.0362. The molecule has 0 saturated carbocycles. The van der Waals surface area contributed by atoms with Gasteiger partial charge in [-0.05, 0) is 43.5 Å². The van der Waals surface area contributed by atoms with Crippen molar-refractivity contribution in [2.75, 3.05) is 24.5 Å². The van der Waals surface area contributed by atoms with Gasteiger partial charge < -0.3 is 9.80 Å². The number of rotatable bonds is 4. The molecule has 0 spiro atoms. The van der Waals surface area contributed by atoms with E-state index in [0.29, 0.717) is 13.0 Å². The highest BCUT2D eigenvalue weighted by Gasteiger charge is 2.20. The summed E-state index contributed by atoms with van der Waals surface area (Å²) in [6.07, 6.45) is 2.57. The van der Waals surface area contributed by atoms with Gasteiger partial charge in [0.1, 0.15) is 0 Å². The molecule has 4 nitrogen and oxygen atoms in total. The molecule has 1 heterocycles. The van der Waals surface area contributed by atoms with E-state index in [0.717, 1.165) is 41.7 Å². The lowest BCUT2D eigenvalue weighted by Gasteiger charge is -2.23. The quantitative estimate of drug-likeness (QED) is 0.835. The molecule has 1 aromatic carbocycles. The number of nitrogens with zero attached hydrogens (tertiary/aromatic N) is 2. The molecule has 2 amide bonds. The zero-order valence-corrected chi connectivity index (χ0v) is 14.1. The van der Waals surface area contributed by atoms with E-state index in [2.05, 4.69) is 15.9 Å². The van der Waals surface area contributed by atoms with Crippen LogP contribution in [-0.2, 0) is 9.59 Å². The molecule has 0 N–H and O–H groups in total. The third-order valence-corrected chi connectivity index (χ3v) is 4.73. The summed E-state index contributed by atoms with van der Waals surface area (Å²) >= 11 is 3.46. The van der Waals surface area contributed by atoms with Gasteiger partial charge in [0.2, 0.25) is 11.8 Å². The molecule has 1 aromatic rings. The number of benzene rings is 1. The van der Waals surface area contributed by atoms with Crippen LogP contribution in [0.2, 0.25) is 0 Å². The van der Waals surface area contributed by atoms with Crippen LogP contribution >= 0.6 is 15.9 Å². The second-order valence-corrected chi connectivity index (χ2v) is 6.30. The Morgan fingerprint density at radius 2 is 1.95 bits per heavy atom. The number of carbonyl (C=O) groups excluding carboxylic acids is 2. The summed E-state index contributed by atoms with van der Waals surface area (Å²) in [4.78, 5) is 27.5. The molecule has 1 aliphatic rings. The van der Waals surface area contributed by atoms with Gasteiger partial charge >= 0.3 is 0 Å². The van der Waals surface area contributed by atoms with Gasteiger partial charge in [0, 0.05) is 43.1 Å². The zero-order valence-electron chi connectivity index (χ0n) is 12.6.